The van der Waals surface area contributed by atoms with E-state index in [1.807, 2.05) is 0 Å². The van der Waals surface area contributed by atoms with E-state index in [4.69, 9.17) is 0 Å². The van der Waals surface area contributed by atoms with Gasteiger partial charge in [0.15, 0.2) is 0 Å². The molecule has 0 aliphatic carbocycles. The molecule has 0 spiro atoms. The number of amides is 3. The summed E-state index contributed by atoms with van der Waals surface area (Å²) in [6, 6.07) is -0.884. The van der Waals surface area contributed by atoms with Crippen LogP contribution in [0.25, 0.3) is 0 Å². The first-order chi connectivity index (χ1) is 6.95. The van der Waals surface area contributed by atoms with Crippen molar-refractivity contribution in [1.29, 1.82) is 0 Å². The van der Waals surface area contributed by atoms with E-state index in [1.54, 1.807) is 13.8 Å². The molecule has 1 rings (SSSR count). The number of carbonyl (C=O) groups is 2. The molecule has 1 aliphatic heterocycles. The van der Waals surface area contributed by atoms with Gasteiger partial charge in [-0.15, -0.1) is 6.58 Å². The van der Waals surface area contributed by atoms with Gasteiger partial charge in [0.2, 0.25) is 5.91 Å². The molecular weight excluding hydrogens is 219 g/mol. The molecule has 82 valence electrons. The van der Waals surface area contributed by atoms with Crippen molar-refractivity contribution in [3.8, 4) is 0 Å². The number of carbonyl (C=O) groups excluding carboxylic acids is 2. The first kappa shape index (κ1) is 15.3. The van der Waals surface area contributed by atoms with E-state index in [2.05, 4.69) is 16.9 Å². The molecule has 1 aliphatic rings. The molecule has 0 radical (unpaired) electrons. The van der Waals surface area contributed by atoms with Crippen molar-refractivity contribution >= 4 is 17.8 Å². The van der Waals surface area contributed by atoms with E-state index in [0.717, 1.165) is 0 Å². The van der Waals surface area contributed by atoms with Crippen LogP contribution in [0.4, 0.5) is 4.79 Å². The largest absolute Gasteiger partial charge is 1.00 e. The summed E-state index contributed by atoms with van der Waals surface area (Å²) in [4.78, 5) is 25.8. The van der Waals surface area contributed by atoms with Gasteiger partial charge >= 0.3 is 35.6 Å². The first-order valence-corrected chi connectivity index (χ1v) is 4.67. The van der Waals surface area contributed by atoms with Crippen LogP contribution in [0.1, 0.15) is 20.3 Å². The number of urea groups is 1. The number of hydrogen-bond donors (Lipinski definition) is 1. The second-order valence-electron chi connectivity index (χ2n) is 3.80. The number of nitrogens with one attached hydrogen (secondary N) is 1. The summed E-state index contributed by atoms with van der Waals surface area (Å²) < 4.78 is 0. The Labute approximate surface area is 116 Å². The van der Waals surface area contributed by atoms with Crippen LogP contribution in [0.15, 0.2) is 17.6 Å². The molecule has 1 N–H and O–H groups in total. The smallest absolute Gasteiger partial charge is 0.861 e. The maximum absolute atomic E-state index is 11.7. The normalized spacial score (nSPS) is 24.6. The van der Waals surface area contributed by atoms with Gasteiger partial charge in [-0.1, -0.05) is 19.9 Å². The fourth-order valence-corrected chi connectivity index (χ4v) is 1.68. The fourth-order valence-electron chi connectivity index (χ4n) is 1.68. The van der Waals surface area contributed by atoms with Gasteiger partial charge in [0.05, 0.1) is 5.41 Å². The molecule has 1 unspecified atom stereocenters. The van der Waals surface area contributed by atoms with E-state index < -0.39 is 23.3 Å². The quantitative estimate of drug-likeness (QED) is 0.422. The zero-order valence-electron chi connectivity index (χ0n) is 9.74. The molecule has 0 saturated carbocycles. The second kappa shape index (κ2) is 5.61. The van der Waals surface area contributed by atoms with Crippen LogP contribution in [-0.4, -0.2) is 17.8 Å². The molecule has 0 saturated heterocycles. The van der Waals surface area contributed by atoms with E-state index in [9.17, 15) is 14.7 Å². The Bertz CT molecular complexity index is 352. The predicted molar refractivity (Wildman–Crippen MR) is 53.1 cm³/mol. The molecular formula is C10H13N2NaO3. The zero-order valence-corrected chi connectivity index (χ0v) is 11.7. The Morgan fingerprint density at radius 2 is 2.12 bits per heavy atom. The van der Waals surface area contributed by atoms with Crippen LogP contribution in [0.2, 0.25) is 0 Å². The van der Waals surface area contributed by atoms with Crippen molar-refractivity contribution in [2.24, 2.45) is 16.3 Å². The van der Waals surface area contributed by atoms with E-state index in [-0.39, 0.29) is 41.9 Å². The van der Waals surface area contributed by atoms with Crippen molar-refractivity contribution in [3.63, 3.8) is 0 Å². The van der Waals surface area contributed by atoms with Crippen LogP contribution in [-0.2, 0) is 4.79 Å². The molecule has 0 aromatic heterocycles. The average Bonchev–Trinajstić information content (AvgIpc) is 2.10. The second-order valence-corrected chi connectivity index (χ2v) is 3.80. The van der Waals surface area contributed by atoms with E-state index in [0.29, 0.717) is 0 Å². The molecule has 1 atom stereocenters. The monoisotopic (exact) mass is 232 g/mol. The minimum absolute atomic E-state index is 0. The SMILES string of the molecule is C=CCC1(C(C)C)C(=O)NC(=O)N=C1[O-].[Na+]. The van der Waals surface area contributed by atoms with Crippen LogP contribution in [0.3, 0.4) is 0 Å². The predicted octanol–water partition coefficient (Wildman–Crippen LogP) is -2.78. The topological polar surface area (TPSA) is 81.6 Å². The number of allylic oxidation sites excluding steroid dienone is 1. The molecule has 6 heteroatoms. The summed E-state index contributed by atoms with van der Waals surface area (Å²) in [6.07, 6.45) is 1.68. The molecule has 0 aromatic carbocycles. The van der Waals surface area contributed by atoms with Crippen molar-refractivity contribution in [1.82, 2.24) is 5.32 Å². The Morgan fingerprint density at radius 3 is 2.50 bits per heavy atom. The molecule has 16 heavy (non-hydrogen) atoms. The number of hydrogen-bond acceptors (Lipinski definition) is 3. The molecule has 5 nitrogen and oxygen atoms in total. The number of aliphatic imine (C=N–C) groups is 1. The third kappa shape index (κ3) is 2.36. The van der Waals surface area contributed by atoms with Gasteiger partial charge in [0.25, 0.3) is 0 Å². The van der Waals surface area contributed by atoms with Crippen LogP contribution in [0, 0.1) is 11.3 Å². The Balaban J connectivity index is 0.00000225. The Morgan fingerprint density at radius 1 is 1.56 bits per heavy atom. The Hall–Kier alpha value is -0.650. The summed E-state index contributed by atoms with van der Waals surface area (Å²) >= 11 is 0. The van der Waals surface area contributed by atoms with Crippen molar-refractivity contribution in [2.45, 2.75) is 20.3 Å². The van der Waals surface area contributed by atoms with Crippen LogP contribution < -0.4 is 40.0 Å². The maximum Gasteiger partial charge on any atom is 1.00 e. The van der Waals surface area contributed by atoms with Gasteiger partial charge in [0.1, 0.15) is 0 Å². The standard InChI is InChI=1S/C10H14N2O3.Na/c1-4-5-10(6(2)3)7(13)11-9(15)12-8(10)14;/h4,6H,1,5H2,2-3H3,(H2,11,12,13,14,15);/q;+1/p-1. The van der Waals surface area contributed by atoms with Crippen molar-refractivity contribution in [2.75, 3.05) is 0 Å². The molecule has 0 bridgehead atoms. The van der Waals surface area contributed by atoms with Gasteiger partial charge in [-0.05, 0) is 18.2 Å². The summed E-state index contributed by atoms with van der Waals surface area (Å²) in [6.45, 7) is 7.00. The van der Waals surface area contributed by atoms with Crippen molar-refractivity contribution in [3.05, 3.63) is 12.7 Å². The van der Waals surface area contributed by atoms with Gasteiger partial charge in [0, 0.05) is 0 Å². The van der Waals surface area contributed by atoms with Gasteiger partial charge in [-0.3, -0.25) is 10.1 Å². The molecule has 3 amide bonds. The summed E-state index contributed by atoms with van der Waals surface area (Å²) in [5.74, 6) is -1.49. The van der Waals surface area contributed by atoms with Crippen LogP contribution in [0.5, 0.6) is 0 Å². The Kier molecular flexibility index (Phi) is 5.38. The van der Waals surface area contributed by atoms with Crippen molar-refractivity contribution < 1.29 is 44.3 Å². The summed E-state index contributed by atoms with van der Waals surface area (Å²) in [5.41, 5.74) is -1.27. The van der Waals surface area contributed by atoms with Crippen LogP contribution >= 0.6 is 0 Å². The third-order valence-corrected chi connectivity index (χ3v) is 2.66. The average molecular weight is 232 g/mol. The van der Waals surface area contributed by atoms with E-state index >= 15 is 0 Å². The number of nitrogens with zero attached hydrogens (tertiary/aromatic N) is 1. The van der Waals surface area contributed by atoms with Gasteiger partial charge in [-0.25, -0.2) is 9.79 Å². The molecule has 0 aromatic rings. The first-order valence-electron chi connectivity index (χ1n) is 4.67. The third-order valence-electron chi connectivity index (χ3n) is 2.66. The zero-order chi connectivity index (χ0) is 11.6. The summed E-state index contributed by atoms with van der Waals surface area (Å²) in [5, 5.41) is 13.7. The van der Waals surface area contributed by atoms with E-state index in [1.165, 1.54) is 6.08 Å². The van der Waals surface area contributed by atoms with Gasteiger partial charge < -0.3 is 5.11 Å². The number of imide groups is 1. The minimum Gasteiger partial charge on any atom is -0.861 e. The van der Waals surface area contributed by atoms with Gasteiger partial charge in [-0.2, -0.15) is 0 Å². The molecule has 0 fully saturated rings. The molecule has 1 heterocycles. The summed E-state index contributed by atoms with van der Waals surface area (Å²) in [7, 11) is 0. The number of rotatable bonds is 3. The fraction of sp³-hybridized carbons (Fsp3) is 0.500. The minimum atomic E-state index is -1.27. The maximum atomic E-state index is 11.7.